The van der Waals surface area contributed by atoms with Gasteiger partial charge in [-0.25, -0.2) is 4.39 Å². The Hall–Kier alpha value is -3.00. The van der Waals surface area contributed by atoms with Crippen LogP contribution in [0.2, 0.25) is 0 Å². The van der Waals surface area contributed by atoms with Gasteiger partial charge in [0.1, 0.15) is 0 Å². The van der Waals surface area contributed by atoms with Crippen LogP contribution in [-0.2, 0) is 6.42 Å². The molecule has 3 rings (SSSR count). The zero-order valence-corrected chi connectivity index (χ0v) is 17.0. The first-order valence-electron chi connectivity index (χ1n) is 10.2. The van der Waals surface area contributed by atoms with E-state index in [0.29, 0.717) is 6.42 Å². The van der Waals surface area contributed by atoms with Gasteiger partial charge in [-0.15, -0.1) is 6.58 Å². The van der Waals surface area contributed by atoms with E-state index in [1.165, 1.54) is 16.7 Å². The fourth-order valence-electron chi connectivity index (χ4n) is 3.24. The van der Waals surface area contributed by atoms with Crippen molar-refractivity contribution in [3.05, 3.63) is 96.7 Å². The van der Waals surface area contributed by atoms with Gasteiger partial charge in [-0.2, -0.15) is 0 Å². The summed E-state index contributed by atoms with van der Waals surface area (Å²) in [6.07, 6.45) is 10.5. The van der Waals surface area contributed by atoms with Crippen LogP contribution >= 0.6 is 0 Å². The maximum absolute atomic E-state index is 12.8. The van der Waals surface area contributed by atoms with Crippen LogP contribution in [0.5, 0.6) is 0 Å². The van der Waals surface area contributed by atoms with Gasteiger partial charge in [0.2, 0.25) is 0 Å². The molecule has 0 aliphatic heterocycles. The van der Waals surface area contributed by atoms with E-state index in [9.17, 15) is 4.39 Å². The van der Waals surface area contributed by atoms with Gasteiger partial charge in [-0.3, -0.25) is 4.98 Å². The number of hydrogen-bond acceptors (Lipinski definition) is 1. The SMILES string of the molecule is C=CCc1ccc(-c2ccc(-c3ccc(/C=C/CCCC(C)F)cn3)cc2)cc1. The summed E-state index contributed by atoms with van der Waals surface area (Å²) in [4.78, 5) is 4.59. The van der Waals surface area contributed by atoms with Crippen LogP contribution in [0.25, 0.3) is 28.5 Å². The maximum Gasteiger partial charge on any atom is 0.0973 e. The Morgan fingerprint density at radius 1 is 0.931 bits per heavy atom. The number of alkyl halides is 1. The summed E-state index contributed by atoms with van der Waals surface area (Å²) in [5.41, 5.74) is 6.81. The highest BCUT2D eigenvalue weighted by Gasteiger charge is 2.02. The number of nitrogens with zero attached hydrogens (tertiary/aromatic N) is 1. The molecular formula is C27H28FN. The van der Waals surface area contributed by atoms with Gasteiger partial charge in [0.25, 0.3) is 0 Å². The Morgan fingerprint density at radius 2 is 1.59 bits per heavy atom. The predicted octanol–water partition coefficient (Wildman–Crippen LogP) is 7.69. The number of rotatable bonds is 9. The highest BCUT2D eigenvalue weighted by molar-refractivity contribution is 5.69. The third-order valence-corrected chi connectivity index (χ3v) is 4.92. The van der Waals surface area contributed by atoms with E-state index in [0.717, 1.165) is 36.1 Å². The second-order valence-electron chi connectivity index (χ2n) is 7.36. The molecule has 0 bridgehead atoms. The summed E-state index contributed by atoms with van der Waals surface area (Å²) in [6.45, 7) is 5.40. The van der Waals surface area contributed by atoms with E-state index in [1.54, 1.807) is 6.92 Å². The monoisotopic (exact) mass is 385 g/mol. The minimum Gasteiger partial charge on any atom is -0.256 e. The summed E-state index contributed by atoms with van der Waals surface area (Å²) in [5.74, 6) is 0. The fraction of sp³-hybridized carbons (Fsp3) is 0.222. The summed E-state index contributed by atoms with van der Waals surface area (Å²) < 4.78 is 12.8. The lowest BCUT2D eigenvalue weighted by Crippen LogP contribution is -1.90. The number of hydrogen-bond donors (Lipinski definition) is 0. The van der Waals surface area contributed by atoms with Crippen LogP contribution in [-0.4, -0.2) is 11.2 Å². The Morgan fingerprint density at radius 3 is 2.17 bits per heavy atom. The third kappa shape index (κ3) is 6.25. The first kappa shape index (κ1) is 20.7. The lowest BCUT2D eigenvalue weighted by molar-refractivity contribution is 0.335. The average Bonchev–Trinajstić information content (AvgIpc) is 2.75. The summed E-state index contributed by atoms with van der Waals surface area (Å²) in [5, 5.41) is 0. The molecule has 0 aliphatic carbocycles. The van der Waals surface area contributed by atoms with Crippen LogP contribution in [0.3, 0.4) is 0 Å². The van der Waals surface area contributed by atoms with Gasteiger partial charge in [-0.1, -0.05) is 72.8 Å². The van der Waals surface area contributed by atoms with E-state index in [-0.39, 0.29) is 0 Å². The molecule has 3 aromatic rings. The van der Waals surface area contributed by atoms with E-state index in [2.05, 4.69) is 78.3 Å². The summed E-state index contributed by atoms with van der Waals surface area (Å²) in [6, 6.07) is 21.2. The van der Waals surface area contributed by atoms with Gasteiger partial charge < -0.3 is 0 Å². The van der Waals surface area contributed by atoms with Gasteiger partial charge in [-0.05, 0) is 60.9 Å². The molecule has 1 unspecified atom stereocenters. The maximum atomic E-state index is 12.8. The number of allylic oxidation sites excluding steroid dienone is 2. The lowest BCUT2D eigenvalue weighted by Gasteiger charge is -2.06. The van der Waals surface area contributed by atoms with Crippen molar-refractivity contribution in [2.45, 2.75) is 38.8 Å². The van der Waals surface area contributed by atoms with Crippen molar-refractivity contribution in [2.24, 2.45) is 0 Å². The lowest BCUT2D eigenvalue weighted by atomic mass is 10.0. The number of aromatic nitrogens is 1. The van der Waals surface area contributed by atoms with Crippen LogP contribution < -0.4 is 0 Å². The standard InChI is InChI=1S/C27H28FN/c1-3-7-22-10-13-24(14-11-22)25-15-17-26(18-16-25)27-19-12-23(20-29-27)9-6-4-5-8-21(2)28/h3,6,9-21H,1,4-5,7-8H2,2H3/b9-6+. The normalized spacial score (nSPS) is 12.2. The molecule has 0 saturated heterocycles. The van der Waals surface area contributed by atoms with Gasteiger partial charge in [0.15, 0.2) is 0 Å². The number of halogens is 1. The van der Waals surface area contributed by atoms with Crippen molar-refractivity contribution in [2.75, 3.05) is 0 Å². The summed E-state index contributed by atoms with van der Waals surface area (Å²) in [7, 11) is 0. The number of benzene rings is 2. The minimum atomic E-state index is -0.715. The van der Waals surface area contributed by atoms with Gasteiger partial charge in [0, 0.05) is 11.8 Å². The number of unbranched alkanes of at least 4 members (excludes halogenated alkanes) is 1. The molecule has 0 spiro atoms. The molecule has 0 amide bonds. The van der Waals surface area contributed by atoms with E-state index in [4.69, 9.17) is 0 Å². The topological polar surface area (TPSA) is 12.9 Å². The van der Waals surface area contributed by atoms with Crippen molar-refractivity contribution in [1.82, 2.24) is 4.98 Å². The highest BCUT2D eigenvalue weighted by atomic mass is 19.1. The predicted molar refractivity (Wildman–Crippen MR) is 122 cm³/mol. The molecule has 1 atom stereocenters. The molecule has 1 nitrogen and oxygen atoms in total. The molecule has 2 aromatic carbocycles. The van der Waals surface area contributed by atoms with Crippen molar-refractivity contribution in [3.63, 3.8) is 0 Å². The molecule has 0 aliphatic rings. The van der Waals surface area contributed by atoms with Gasteiger partial charge in [0.05, 0.1) is 11.9 Å². The molecule has 0 fully saturated rings. The Balaban J connectivity index is 1.62. The van der Waals surface area contributed by atoms with Gasteiger partial charge >= 0.3 is 0 Å². The first-order valence-corrected chi connectivity index (χ1v) is 10.2. The zero-order chi connectivity index (χ0) is 20.5. The molecule has 0 saturated carbocycles. The fourth-order valence-corrected chi connectivity index (χ4v) is 3.24. The third-order valence-electron chi connectivity index (χ3n) is 4.92. The Bertz CT molecular complexity index is 920. The highest BCUT2D eigenvalue weighted by Crippen LogP contribution is 2.24. The quantitative estimate of drug-likeness (QED) is 0.272. The summed E-state index contributed by atoms with van der Waals surface area (Å²) >= 11 is 0. The smallest absolute Gasteiger partial charge is 0.0973 e. The van der Waals surface area contributed by atoms with Crippen molar-refractivity contribution < 1.29 is 4.39 Å². The zero-order valence-electron chi connectivity index (χ0n) is 17.0. The molecule has 29 heavy (non-hydrogen) atoms. The molecule has 2 heteroatoms. The van der Waals surface area contributed by atoms with Crippen molar-refractivity contribution >= 4 is 6.08 Å². The molecular weight excluding hydrogens is 357 g/mol. The van der Waals surface area contributed by atoms with Crippen LogP contribution in [0, 0.1) is 0 Å². The van der Waals surface area contributed by atoms with E-state index < -0.39 is 6.17 Å². The first-order chi connectivity index (χ1) is 14.2. The molecule has 1 heterocycles. The molecule has 148 valence electrons. The van der Waals surface area contributed by atoms with E-state index >= 15 is 0 Å². The largest absolute Gasteiger partial charge is 0.256 e. The Labute approximate surface area is 173 Å². The van der Waals surface area contributed by atoms with Crippen LogP contribution in [0.4, 0.5) is 4.39 Å². The molecule has 0 radical (unpaired) electrons. The average molecular weight is 386 g/mol. The van der Waals surface area contributed by atoms with Crippen LogP contribution in [0.15, 0.2) is 85.6 Å². The van der Waals surface area contributed by atoms with Crippen molar-refractivity contribution in [1.29, 1.82) is 0 Å². The molecule has 0 N–H and O–H groups in total. The molecule has 1 aromatic heterocycles. The second kappa shape index (κ2) is 10.5. The number of pyridine rings is 1. The minimum absolute atomic E-state index is 0.622. The second-order valence-corrected chi connectivity index (χ2v) is 7.36. The van der Waals surface area contributed by atoms with Crippen molar-refractivity contribution in [3.8, 4) is 22.4 Å². The Kier molecular flexibility index (Phi) is 7.52. The van der Waals surface area contributed by atoms with E-state index in [1.807, 2.05) is 18.3 Å². The van der Waals surface area contributed by atoms with Crippen LogP contribution in [0.1, 0.15) is 37.3 Å².